The van der Waals surface area contributed by atoms with Gasteiger partial charge in [0.2, 0.25) is 11.3 Å². The Kier molecular flexibility index (Phi) is 3.06. The number of nitrogens with two attached hydrogens (primary N) is 1. The lowest BCUT2D eigenvalue weighted by Gasteiger charge is -2.10. The second-order valence-electron chi connectivity index (χ2n) is 4.15. The highest BCUT2D eigenvalue weighted by Gasteiger charge is 2.12. The fourth-order valence-corrected chi connectivity index (χ4v) is 1.66. The molecule has 18 heavy (non-hydrogen) atoms. The predicted molar refractivity (Wildman–Crippen MR) is 68.0 cm³/mol. The number of hydrogen-bond donors (Lipinski definition) is 1. The molecule has 1 aromatic carbocycles. The fraction of sp³-hybridized carbons (Fsp3) is 0.231. The van der Waals surface area contributed by atoms with E-state index in [0.29, 0.717) is 17.6 Å². The summed E-state index contributed by atoms with van der Waals surface area (Å²) in [6, 6.07) is 4.83. The van der Waals surface area contributed by atoms with E-state index in [0.717, 1.165) is 0 Å². The van der Waals surface area contributed by atoms with Gasteiger partial charge in [-0.2, -0.15) is 0 Å². The van der Waals surface area contributed by atoms with E-state index in [2.05, 4.69) is 0 Å². The van der Waals surface area contributed by atoms with Crippen molar-refractivity contribution in [3.8, 4) is 5.75 Å². The molecule has 0 saturated carbocycles. The predicted octanol–water partition coefficient (Wildman–Crippen LogP) is 1.97. The van der Waals surface area contributed by atoms with Crippen LogP contribution in [0.1, 0.15) is 24.2 Å². The number of rotatable bonds is 3. The summed E-state index contributed by atoms with van der Waals surface area (Å²) in [5, 5.41) is 0.282. The Labute approximate surface area is 103 Å². The summed E-state index contributed by atoms with van der Waals surface area (Å²) in [6.07, 6.45) is 0.394. The molecule has 0 atom stereocenters. The molecule has 0 aliphatic heterocycles. The van der Waals surface area contributed by atoms with Crippen molar-refractivity contribution in [1.82, 2.24) is 0 Å². The van der Waals surface area contributed by atoms with Crippen LogP contribution in [0, 0.1) is 0 Å². The second kappa shape index (κ2) is 4.52. The van der Waals surface area contributed by atoms with Crippen LogP contribution >= 0.6 is 0 Å². The van der Waals surface area contributed by atoms with Crippen LogP contribution in [0.15, 0.2) is 27.4 Å². The average molecular weight is 247 g/mol. The van der Waals surface area contributed by atoms with Crippen molar-refractivity contribution in [2.75, 3.05) is 5.73 Å². The molecule has 0 spiro atoms. The first kappa shape index (κ1) is 12.2. The molecule has 0 bridgehead atoms. The van der Waals surface area contributed by atoms with Gasteiger partial charge in [-0.1, -0.05) is 0 Å². The van der Waals surface area contributed by atoms with Crippen molar-refractivity contribution in [3.05, 3.63) is 34.0 Å². The first-order chi connectivity index (χ1) is 8.52. The van der Waals surface area contributed by atoms with Gasteiger partial charge < -0.3 is 14.9 Å². The molecular weight excluding hydrogens is 234 g/mol. The molecule has 0 aliphatic carbocycles. The summed E-state index contributed by atoms with van der Waals surface area (Å²) in [7, 11) is 0. The Hall–Kier alpha value is -2.30. The largest absolute Gasteiger partial charge is 0.491 e. The Morgan fingerprint density at radius 2 is 2.11 bits per heavy atom. The van der Waals surface area contributed by atoms with Crippen molar-refractivity contribution in [3.63, 3.8) is 0 Å². The summed E-state index contributed by atoms with van der Waals surface area (Å²) < 4.78 is 10.7. The minimum Gasteiger partial charge on any atom is -0.491 e. The lowest BCUT2D eigenvalue weighted by atomic mass is 10.1. The van der Waals surface area contributed by atoms with E-state index in [-0.39, 0.29) is 22.9 Å². The number of nitrogen functional groups attached to an aromatic ring is 1. The highest BCUT2D eigenvalue weighted by atomic mass is 16.5. The van der Waals surface area contributed by atoms with Gasteiger partial charge in [0.15, 0.2) is 6.29 Å². The summed E-state index contributed by atoms with van der Waals surface area (Å²) in [5.41, 5.74) is 5.21. The van der Waals surface area contributed by atoms with E-state index < -0.39 is 5.43 Å². The van der Waals surface area contributed by atoms with Crippen LogP contribution in [0.25, 0.3) is 11.0 Å². The maximum atomic E-state index is 12.0. The third-order valence-electron chi connectivity index (χ3n) is 2.42. The molecule has 2 N–H and O–H groups in total. The first-order valence-electron chi connectivity index (χ1n) is 5.51. The molecule has 0 radical (unpaired) electrons. The molecular formula is C13H13NO4. The molecule has 1 aromatic heterocycles. The number of ether oxygens (including phenoxy) is 1. The second-order valence-corrected chi connectivity index (χ2v) is 4.15. The maximum Gasteiger partial charge on any atom is 0.205 e. The highest BCUT2D eigenvalue weighted by molar-refractivity contribution is 5.89. The molecule has 2 rings (SSSR count). The molecule has 5 nitrogen and oxygen atoms in total. The smallest absolute Gasteiger partial charge is 0.205 e. The van der Waals surface area contributed by atoms with Crippen LogP contribution in [-0.4, -0.2) is 12.4 Å². The number of anilines is 1. The molecule has 0 unspecified atom stereocenters. The van der Waals surface area contributed by atoms with Crippen molar-refractivity contribution in [1.29, 1.82) is 0 Å². The highest BCUT2D eigenvalue weighted by Crippen LogP contribution is 2.22. The minimum absolute atomic E-state index is 0.00573. The van der Waals surface area contributed by atoms with Gasteiger partial charge >= 0.3 is 0 Å². The molecule has 5 heteroatoms. The zero-order chi connectivity index (χ0) is 13.3. The normalized spacial score (nSPS) is 10.8. The Morgan fingerprint density at radius 1 is 1.39 bits per heavy atom. The van der Waals surface area contributed by atoms with Crippen molar-refractivity contribution >= 4 is 23.1 Å². The van der Waals surface area contributed by atoms with E-state index in [9.17, 15) is 9.59 Å². The van der Waals surface area contributed by atoms with Crippen molar-refractivity contribution in [2.24, 2.45) is 0 Å². The molecule has 0 fully saturated rings. The minimum atomic E-state index is -0.446. The van der Waals surface area contributed by atoms with Crippen LogP contribution in [-0.2, 0) is 0 Å². The quantitative estimate of drug-likeness (QED) is 0.838. The lowest BCUT2D eigenvalue weighted by Crippen LogP contribution is -2.12. The van der Waals surface area contributed by atoms with Gasteiger partial charge in [-0.15, -0.1) is 0 Å². The average Bonchev–Trinajstić information content (AvgIpc) is 2.30. The van der Waals surface area contributed by atoms with E-state index in [4.69, 9.17) is 14.9 Å². The number of benzene rings is 1. The standard InChI is InChI=1S/C13H13NO4/c1-7(2)17-8-3-4-11-9(5-8)12(16)10(6-15)13(14)18-11/h3-7H,14H2,1-2H3. The molecule has 2 aromatic rings. The molecule has 0 aliphatic rings. The molecule has 1 heterocycles. The number of aldehydes is 1. The summed E-state index contributed by atoms with van der Waals surface area (Å²) in [5.74, 6) is 0.381. The lowest BCUT2D eigenvalue weighted by molar-refractivity contribution is 0.112. The van der Waals surface area contributed by atoms with Gasteiger partial charge in [0.05, 0.1) is 11.5 Å². The summed E-state index contributed by atoms with van der Waals surface area (Å²) in [4.78, 5) is 22.8. The third kappa shape index (κ3) is 2.07. The van der Waals surface area contributed by atoms with Crippen LogP contribution in [0.5, 0.6) is 5.75 Å². The number of hydrogen-bond acceptors (Lipinski definition) is 5. The van der Waals surface area contributed by atoms with Gasteiger partial charge in [-0.05, 0) is 32.0 Å². The summed E-state index contributed by atoms with van der Waals surface area (Å²) >= 11 is 0. The van der Waals surface area contributed by atoms with E-state index in [1.165, 1.54) is 0 Å². The maximum absolute atomic E-state index is 12.0. The zero-order valence-electron chi connectivity index (χ0n) is 10.1. The SMILES string of the molecule is CC(C)Oc1ccc2oc(N)c(C=O)c(=O)c2c1. The van der Waals surface area contributed by atoms with E-state index in [1.54, 1.807) is 18.2 Å². The van der Waals surface area contributed by atoms with Crippen LogP contribution in [0.2, 0.25) is 0 Å². The third-order valence-corrected chi connectivity index (χ3v) is 2.42. The summed E-state index contributed by atoms with van der Waals surface area (Å²) in [6.45, 7) is 3.76. The molecule has 0 amide bonds. The topological polar surface area (TPSA) is 82.5 Å². The Bertz CT molecular complexity index is 658. The zero-order valence-corrected chi connectivity index (χ0v) is 10.1. The Balaban J connectivity index is 2.68. The molecule has 94 valence electrons. The van der Waals surface area contributed by atoms with E-state index >= 15 is 0 Å². The fourth-order valence-electron chi connectivity index (χ4n) is 1.66. The molecule has 0 saturated heterocycles. The van der Waals surface area contributed by atoms with Gasteiger partial charge in [0.1, 0.15) is 16.9 Å². The van der Waals surface area contributed by atoms with Crippen LogP contribution in [0.3, 0.4) is 0 Å². The monoisotopic (exact) mass is 247 g/mol. The van der Waals surface area contributed by atoms with Gasteiger partial charge in [0.25, 0.3) is 0 Å². The first-order valence-corrected chi connectivity index (χ1v) is 5.51. The van der Waals surface area contributed by atoms with Crippen LogP contribution in [0.4, 0.5) is 5.88 Å². The van der Waals surface area contributed by atoms with Crippen LogP contribution < -0.4 is 15.9 Å². The number of carbonyl (C=O) groups is 1. The van der Waals surface area contributed by atoms with Gasteiger partial charge in [-0.25, -0.2) is 0 Å². The van der Waals surface area contributed by atoms with Gasteiger partial charge in [0, 0.05) is 0 Å². The number of fused-ring (bicyclic) bond motifs is 1. The number of carbonyl (C=O) groups excluding carboxylic acids is 1. The van der Waals surface area contributed by atoms with Crippen molar-refractivity contribution in [2.45, 2.75) is 20.0 Å². The Morgan fingerprint density at radius 3 is 2.72 bits per heavy atom. The van der Waals surface area contributed by atoms with E-state index in [1.807, 2.05) is 13.8 Å². The van der Waals surface area contributed by atoms with Crippen molar-refractivity contribution < 1.29 is 13.9 Å². The van der Waals surface area contributed by atoms with Gasteiger partial charge in [-0.3, -0.25) is 9.59 Å².